The number of aromatic nitrogens is 2. The van der Waals surface area contributed by atoms with Crippen LogP contribution in [0.1, 0.15) is 0 Å². The van der Waals surface area contributed by atoms with Gasteiger partial charge in [-0.2, -0.15) is 0 Å². The van der Waals surface area contributed by atoms with Gasteiger partial charge < -0.3 is 5.32 Å². The van der Waals surface area contributed by atoms with Crippen LogP contribution in [-0.4, -0.2) is 29.4 Å². The Balaban J connectivity index is 2.53. The molecule has 0 saturated carbocycles. The first kappa shape index (κ1) is 9.25. The second-order valence-corrected chi connectivity index (χ2v) is 2.94. The predicted molar refractivity (Wildman–Crippen MR) is 48.3 cm³/mol. The summed E-state index contributed by atoms with van der Waals surface area (Å²) in [5, 5.41) is 2.74. The zero-order valence-electron chi connectivity index (χ0n) is 6.75. The molecule has 1 rings (SSSR count). The van der Waals surface area contributed by atoms with Gasteiger partial charge in [-0.05, 0) is 6.26 Å². The van der Waals surface area contributed by atoms with Crippen LogP contribution in [0.4, 0.5) is 10.3 Å². The van der Waals surface area contributed by atoms with Crippen LogP contribution in [0, 0.1) is 0 Å². The standard InChI is InChI=1S/C7H10FN3S/c1-12-6-4-10-7(11-5-6)9-3-2-8/h4-5H,2-3H2,1H3,(H,9,10,11). The summed E-state index contributed by atoms with van der Waals surface area (Å²) in [6, 6.07) is 0. The minimum Gasteiger partial charge on any atom is -0.352 e. The zero-order valence-corrected chi connectivity index (χ0v) is 7.57. The summed E-state index contributed by atoms with van der Waals surface area (Å²) in [6.45, 7) is -0.147. The lowest BCUT2D eigenvalue weighted by molar-refractivity contribution is 0.512. The lowest BCUT2D eigenvalue weighted by atomic mass is 10.6. The molecule has 5 heteroatoms. The third-order valence-corrected chi connectivity index (χ3v) is 1.92. The van der Waals surface area contributed by atoms with Crippen molar-refractivity contribution in [3.8, 4) is 0 Å². The molecule has 12 heavy (non-hydrogen) atoms. The Hall–Kier alpha value is -0.840. The highest BCUT2D eigenvalue weighted by molar-refractivity contribution is 7.98. The fourth-order valence-electron chi connectivity index (χ4n) is 0.672. The molecule has 66 valence electrons. The average molecular weight is 187 g/mol. The van der Waals surface area contributed by atoms with E-state index >= 15 is 0 Å². The summed E-state index contributed by atoms with van der Waals surface area (Å²) in [5.74, 6) is 0.477. The van der Waals surface area contributed by atoms with Gasteiger partial charge in [0.1, 0.15) is 6.67 Å². The Morgan fingerprint density at radius 2 is 2.17 bits per heavy atom. The summed E-state index contributed by atoms with van der Waals surface area (Å²) in [4.78, 5) is 8.96. The van der Waals surface area contributed by atoms with Crippen molar-refractivity contribution in [3.63, 3.8) is 0 Å². The molecule has 1 aromatic heterocycles. The van der Waals surface area contributed by atoms with Crippen LogP contribution in [0.25, 0.3) is 0 Å². The first-order chi connectivity index (χ1) is 5.86. The Labute approximate surface area is 74.8 Å². The number of anilines is 1. The van der Waals surface area contributed by atoms with E-state index in [4.69, 9.17) is 0 Å². The molecule has 3 nitrogen and oxygen atoms in total. The van der Waals surface area contributed by atoms with E-state index in [1.807, 2.05) is 6.26 Å². The highest BCUT2D eigenvalue weighted by atomic mass is 32.2. The maximum atomic E-state index is 11.7. The van der Waals surface area contributed by atoms with Gasteiger partial charge >= 0.3 is 0 Å². The third-order valence-electron chi connectivity index (χ3n) is 1.24. The van der Waals surface area contributed by atoms with Crippen molar-refractivity contribution in [1.29, 1.82) is 0 Å². The van der Waals surface area contributed by atoms with E-state index in [1.165, 1.54) is 0 Å². The molecule has 0 radical (unpaired) electrons. The lowest BCUT2D eigenvalue weighted by Crippen LogP contribution is -2.06. The smallest absolute Gasteiger partial charge is 0.222 e. The molecule has 1 N–H and O–H groups in total. The van der Waals surface area contributed by atoms with E-state index < -0.39 is 6.67 Å². The van der Waals surface area contributed by atoms with Gasteiger partial charge in [-0.25, -0.2) is 14.4 Å². The summed E-state index contributed by atoms with van der Waals surface area (Å²) >= 11 is 1.57. The van der Waals surface area contributed by atoms with E-state index in [0.717, 1.165) is 4.90 Å². The number of nitrogens with zero attached hydrogens (tertiary/aromatic N) is 2. The topological polar surface area (TPSA) is 37.8 Å². The Morgan fingerprint density at radius 3 is 2.67 bits per heavy atom. The number of halogens is 1. The Bertz CT molecular complexity index is 227. The number of hydrogen-bond acceptors (Lipinski definition) is 4. The molecule has 0 aliphatic heterocycles. The lowest BCUT2D eigenvalue weighted by Gasteiger charge is -2.00. The molecule has 0 aliphatic carbocycles. The fourth-order valence-corrected chi connectivity index (χ4v) is 0.988. The first-order valence-electron chi connectivity index (χ1n) is 3.52. The van der Waals surface area contributed by atoms with Gasteiger partial charge in [0, 0.05) is 23.8 Å². The monoisotopic (exact) mass is 187 g/mol. The summed E-state index contributed by atoms with van der Waals surface area (Å²) < 4.78 is 11.7. The maximum absolute atomic E-state index is 11.7. The van der Waals surface area contributed by atoms with Gasteiger partial charge in [0.25, 0.3) is 0 Å². The van der Waals surface area contributed by atoms with E-state index in [9.17, 15) is 4.39 Å². The molecule has 0 amide bonds. The summed E-state index contributed by atoms with van der Waals surface area (Å²) in [7, 11) is 0. The van der Waals surface area contributed by atoms with Crippen molar-refractivity contribution < 1.29 is 4.39 Å². The van der Waals surface area contributed by atoms with Crippen LogP contribution < -0.4 is 5.32 Å². The van der Waals surface area contributed by atoms with Crippen LogP contribution in [-0.2, 0) is 0 Å². The number of rotatable bonds is 4. The Kier molecular flexibility index (Phi) is 3.79. The van der Waals surface area contributed by atoms with Crippen LogP contribution in [0.15, 0.2) is 17.3 Å². The molecule has 0 saturated heterocycles. The maximum Gasteiger partial charge on any atom is 0.222 e. The molecule has 0 bridgehead atoms. The molecule has 1 aromatic rings. The van der Waals surface area contributed by atoms with E-state index in [1.54, 1.807) is 24.2 Å². The van der Waals surface area contributed by atoms with E-state index in [0.29, 0.717) is 5.95 Å². The largest absolute Gasteiger partial charge is 0.352 e. The first-order valence-corrected chi connectivity index (χ1v) is 4.75. The molecule has 1 heterocycles. The molecule has 0 atom stereocenters. The molecule has 0 unspecified atom stereocenters. The highest BCUT2D eigenvalue weighted by Gasteiger charge is 1.94. The van der Waals surface area contributed by atoms with Crippen LogP contribution in [0.2, 0.25) is 0 Å². The van der Waals surface area contributed by atoms with Crippen molar-refractivity contribution >= 4 is 17.7 Å². The predicted octanol–water partition coefficient (Wildman–Crippen LogP) is 1.58. The van der Waals surface area contributed by atoms with Crippen LogP contribution >= 0.6 is 11.8 Å². The van der Waals surface area contributed by atoms with E-state index in [2.05, 4.69) is 15.3 Å². The van der Waals surface area contributed by atoms with Gasteiger partial charge in [-0.1, -0.05) is 0 Å². The molecule has 0 fully saturated rings. The van der Waals surface area contributed by atoms with Crippen molar-refractivity contribution in [2.75, 3.05) is 24.8 Å². The molecular formula is C7H10FN3S. The second kappa shape index (κ2) is 4.92. The average Bonchev–Trinajstić information content (AvgIpc) is 2.15. The van der Waals surface area contributed by atoms with Gasteiger partial charge in [0.15, 0.2) is 0 Å². The number of alkyl halides is 1. The Morgan fingerprint density at radius 1 is 1.50 bits per heavy atom. The van der Waals surface area contributed by atoms with Crippen LogP contribution in [0.3, 0.4) is 0 Å². The molecule has 0 spiro atoms. The zero-order chi connectivity index (χ0) is 8.81. The summed E-state index contributed by atoms with van der Waals surface area (Å²) in [5.41, 5.74) is 0. The number of nitrogens with one attached hydrogen (secondary N) is 1. The van der Waals surface area contributed by atoms with Crippen LogP contribution in [0.5, 0.6) is 0 Å². The van der Waals surface area contributed by atoms with Gasteiger partial charge in [-0.3, -0.25) is 0 Å². The second-order valence-electron chi connectivity index (χ2n) is 2.06. The van der Waals surface area contributed by atoms with Gasteiger partial charge in [-0.15, -0.1) is 11.8 Å². The molecule has 0 aromatic carbocycles. The van der Waals surface area contributed by atoms with Crippen molar-refractivity contribution in [3.05, 3.63) is 12.4 Å². The molecule has 0 aliphatic rings. The summed E-state index contributed by atoms with van der Waals surface area (Å²) in [6.07, 6.45) is 5.36. The number of thioether (sulfide) groups is 1. The van der Waals surface area contributed by atoms with Gasteiger partial charge in [0.05, 0.1) is 0 Å². The fraction of sp³-hybridized carbons (Fsp3) is 0.429. The normalized spacial score (nSPS) is 9.83. The highest BCUT2D eigenvalue weighted by Crippen LogP contribution is 2.11. The minimum absolute atomic E-state index is 0.263. The van der Waals surface area contributed by atoms with E-state index in [-0.39, 0.29) is 6.54 Å². The van der Waals surface area contributed by atoms with Crippen molar-refractivity contribution in [2.24, 2.45) is 0 Å². The van der Waals surface area contributed by atoms with Gasteiger partial charge in [0.2, 0.25) is 5.95 Å². The SMILES string of the molecule is CSc1cnc(NCCF)nc1. The molecular weight excluding hydrogens is 177 g/mol. The minimum atomic E-state index is -0.409. The quantitative estimate of drug-likeness (QED) is 0.726. The third kappa shape index (κ3) is 2.65. The van der Waals surface area contributed by atoms with Crippen molar-refractivity contribution in [1.82, 2.24) is 9.97 Å². The number of hydrogen-bond donors (Lipinski definition) is 1. The van der Waals surface area contributed by atoms with Crippen molar-refractivity contribution in [2.45, 2.75) is 4.90 Å².